The summed E-state index contributed by atoms with van der Waals surface area (Å²) in [7, 11) is 2.16. The molecule has 0 aliphatic carbocycles. The summed E-state index contributed by atoms with van der Waals surface area (Å²) >= 11 is 0. The first-order chi connectivity index (χ1) is 11.6. The smallest absolute Gasteiger partial charge is 0.144 e. The molecule has 2 aromatic rings. The number of likely N-dealkylation sites (tertiary alicyclic amines) is 1. The first-order valence-corrected chi connectivity index (χ1v) is 8.60. The Morgan fingerprint density at radius 1 is 1.38 bits per heavy atom. The van der Waals surface area contributed by atoms with Crippen molar-refractivity contribution in [3.63, 3.8) is 0 Å². The lowest BCUT2D eigenvalue weighted by Crippen LogP contribution is -2.33. The molecule has 1 fully saturated rings. The fraction of sp³-hybridized carbons (Fsp3) is 0.588. The molecule has 1 atom stereocenters. The van der Waals surface area contributed by atoms with Crippen LogP contribution in [0.5, 0.6) is 0 Å². The average molecular weight is 329 g/mol. The lowest BCUT2D eigenvalue weighted by molar-refractivity contribution is 0.202. The van der Waals surface area contributed by atoms with E-state index in [1.807, 2.05) is 6.20 Å². The number of H-pyrrole nitrogens is 1. The molecule has 0 radical (unpaired) electrons. The molecule has 0 bridgehead atoms. The summed E-state index contributed by atoms with van der Waals surface area (Å²) < 4.78 is 0. The highest BCUT2D eigenvalue weighted by molar-refractivity contribution is 5.25. The second kappa shape index (κ2) is 7.72. The molecule has 3 heterocycles. The second-order valence-corrected chi connectivity index (χ2v) is 6.69. The van der Waals surface area contributed by atoms with Gasteiger partial charge in [0, 0.05) is 30.0 Å². The molecule has 1 aliphatic rings. The Bertz CT molecular complexity index is 654. The van der Waals surface area contributed by atoms with Crippen molar-refractivity contribution in [2.45, 2.75) is 45.3 Å². The number of rotatable bonds is 5. The van der Waals surface area contributed by atoms with Gasteiger partial charge < -0.3 is 5.73 Å². The molecule has 3 rings (SSSR count). The van der Waals surface area contributed by atoms with E-state index >= 15 is 0 Å². The van der Waals surface area contributed by atoms with Gasteiger partial charge in [-0.05, 0) is 52.4 Å². The molecule has 7 heteroatoms. The van der Waals surface area contributed by atoms with Crippen LogP contribution in [0.2, 0.25) is 0 Å². The Kier molecular flexibility index (Phi) is 5.42. The number of hydrogen-bond acceptors (Lipinski definition) is 6. The van der Waals surface area contributed by atoms with Crippen molar-refractivity contribution >= 4 is 5.82 Å². The van der Waals surface area contributed by atoms with Crippen LogP contribution in [0.1, 0.15) is 36.3 Å². The minimum absolute atomic E-state index is 0.538. The quantitative estimate of drug-likeness (QED) is 0.866. The van der Waals surface area contributed by atoms with Crippen LogP contribution in [0.25, 0.3) is 0 Å². The van der Waals surface area contributed by atoms with Crippen molar-refractivity contribution in [2.75, 3.05) is 25.9 Å². The van der Waals surface area contributed by atoms with Crippen LogP contribution in [0.4, 0.5) is 5.82 Å². The lowest BCUT2D eigenvalue weighted by atomic mass is 10.1. The van der Waals surface area contributed by atoms with E-state index in [1.165, 1.54) is 24.1 Å². The normalized spacial score (nSPS) is 19.5. The zero-order valence-electron chi connectivity index (χ0n) is 14.6. The van der Waals surface area contributed by atoms with Crippen LogP contribution in [-0.2, 0) is 13.1 Å². The fourth-order valence-electron chi connectivity index (χ4n) is 3.36. The molecule has 2 aromatic heterocycles. The van der Waals surface area contributed by atoms with Crippen LogP contribution in [0.15, 0.2) is 18.5 Å². The number of aromatic amines is 1. The number of nitrogens with one attached hydrogen (secondary N) is 1. The molecule has 1 aliphatic heterocycles. The number of hydrogen-bond donors (Lipinski definition) is 2. The van der Waals surface area contributed by atoms with Gasteiger partial charge in [0.1, 0.15) is 11.6 Å². The summed E-state index contributed by atoms with van der Waals surface area (Å²) in [6.07, 6.45) is 7.26. The second-order valence-electron chi connectivity index (χ2n) is 6.69. The Labute approximate surface area is 143 Å². The predicted molar refractivity (Wildman–Crippen MR) is 94.2 cm³/mol. The van der Waals surface area contributed by atoms with Gasteiger partial charge >= 0.3 is 0 Å². The van der Waals surface area contributed by atoms with E-state index in [0.717, 1.165) is 38.4 Å². The monoisotopic (exact) mass is 329 g/mol. The lowest BCUT2D eigenvalue weighted by Gasteiger charge is -2.26. The van der Waals surface area contributed by atoms with Gasteiger partial charge in [0.15, 0.2) is 0 Å². The van der Waals surface area contributed by atoms with Crippen molar-refractivity contribution in [1.82, 2.24) is 30.0 Å². The average Bonchev–Trinajstić information content (AvgIpc) is 2.81. The molecule has 0 aromatic carbocycles. The topological polar surface area (TPSA) is 87.0 Å². The summed E-state index contributed by atoms with van der Waals surface area (Å²) in [6.45, 7) is 6.07. The third-order valence-electron chi connectivity index (χ3n) is 4.86. The number of aromatic nitrogens is 4. The van der Waals surface area contributed by atoms with Crippen molar-refractivity contribution in [3.05, 3.63) is 35.5 Å². The zero-order chi connectivity index (χ0) is 16.9. The maximum Gasteiger partial charge on any atom is 0.144 e. The van der Waals surface area contributed by atoms with Gasteiger partial charge in [0.05, 0.1) is 12.7 Å². The first kappa shape index (κ1) is 16.9. The van der Waals surface area contributed by atoms with Crippen LogP contribution in [0.3, 0.4) is 0 Å². The fourth-order valence-corrected chi connectivity index (χ4v) is 3.36. The minimum atomic E-state index is 0.538. The van der Waals surface area contributed by atoms with Crippen molar-refractivity contribution < 1.29 is 0 Å². The van der Waals surface area contributed by atoms with Gasteiger partial charge in [-0.15, -0.1) is 0 Å². The summed E-state index contributed by atoms with van der Waals surface area (Å²) in [6, 6.07) is 2.29. The first-order valence-electron chi connectivity index (χ1n) is 8.60. The van der Waals surface area contributed by atoms with Crippen LogP contribution < -0.4 is 5.73 Å². The zero-order valence-corrected chi connectivity index (χ0v) is 14.6. The standard InChI is InChI=1S/C17H27N7/c1-13-14(10-20-22-13)11-24-8-3-4-15(6-9-24)23(2)12-17-19-7-5-16(18)21-17/h5,7,10,15H,3-4,6,8-9,11-12H2,1-2H3,(H,20,22)(H2,18,19,21)/t15-/m0/s1. The third-order valence-corrected chi connectivity index (χ3v) is 4.86. The van der Waals surface area contributed by atoms with Gasteiger partial charge in [0.25, 0.3) is 0 Å². The van der Waals surface area contributed by atoms with Crippen LogP contribution in [0, 0.1) is 6.92 Å². The minimum Gasteiger partial charge on any atom is -0.384 e. The molecule has 0 unspecified atom stereocenters. The highest BCUT2D eigenvalue weighted by Gasteiger charge is 2.21. The van der Waals surface area contributed by atoms with E-state index in [1.54, 1.807) is 12.3 Å². The number of nitrogens with zero attached hydrogens (tertiary/aromatic N) is 5. The van der Waals surface area contributed by atoms with E-state index < -0.39 is 0 Å². The van der Waals surface area contributed by atoms with Crippen molar-refractivity contribution in [2.24, 2.45) is 0 Å². The molecule has 0 amide bonds. The van der Waals surface area contributed by atoms with E-state index in [2.05, 4.69) is 43.9 Å². The van der Waals surface area contributed by atoms with E-state index in [4.69, 9.17) is 5.73 Å². The molecular weight excluding hydrogens is 302 g/mol. The van der Waals surface area contributed by atoms with Gasteiger partial charge in [-0.2, -0.15) is 5.10 Å². The summed E-state index contributed by atoms with van der Waals surface area (Å²) in [5, 5.41) is 7.15. The molecule has 3 N–H and O–H groups in total. The van der Waals surface area contributed by atoms with Crippen molar-refractivity contribution in [3.8, 4) is 0 Å². The van der Waals surface area contributed by atoms with Gasteiger partial charge in [-0.1, -0.05) is 0 Å². The largest absolute Gasteiger partial charge is 0.384 e. The molecular formula is C17H27N7. The molecule has 1 saturated heterocycles. The Hall–Kier alpha value is -1.99. The highest BCUT2D eigenvalue weighted by Crippen LogP contribution is 2.19. The summed E-state index contributed by atoms with van der Waals surface area (Å²) in [5.74, 6) is 1.34. The Balaban J connectivity index is 1.54. The summed E-state index contributed by atoms with van der Waals surface area (Å²) in [4.78, 5) is 13.5. The van der Waals surface area contributed by atoms with Gasteiger partial charge in [-0.25, -0.2) is 9.97 Å². The van der Waals surface area contributed by atoms with E-state index in [0.29, 0.717) is 11.9 Å². The maximum absolute atomic E-state index is 5.75. The molecule has 7 nitrogen and oxygen atoms in total. The SMILES string of the molecule is Cc1[nH]ncc1CN1CCC[C@H](N(C)Cc2nccc(N)n2)CC1. The number of anilines is 1. The number of nitrogen functional groups attached to an aromatic ring is 1. The van der Waals surface area contributed by atoms with E-state index in [-0.39, 0.29) is 0 Å². The molecule has 0 spiro atoms. The molecule has 24 heavy (non-hydrogen) atoms. The molecule has 130 valence electrons. The van der Waals surface area contributed by atoms with E-state index in [9.17, 15) is 0 Å². The predicted octanol–water partition coefficient (Wildman–Crippen LogP) is 1.58. The maximum atomic E-state index is 5.75. The van der Waals surface area contributed by atoms with Gasteiger partial charge in [-0.3, -0.25) is 14.9 Å². The number of nitrogens with two attached hydrogens (primary N) is 1. The van der Waals surface area contributed by atoms with Crippen molar-refractivity contribution in [1.29, 1.82) is 0 Å². The summed E-state index contributed by atoms with van der Waals surface area (Å²) in [5.41, 5.74) is 8.22. The van der Waals surface area contributed by atoms with Crippen LogP contribution in [-0.4, -0.2) is 56.1 Å². The van der Waals surface area contributed by atoms with Crippen LogP contribution >= 0.6 is 0 Å². The van der Waals surface area contributed by atoms with Gasteiger partial charge in [0.2, 0.25) is 0 Å². The molecule has 0 saturated carbocycles. The Morgan fingerprint density at radius 2 is 2.25 bits per heavy atom. The highest BCUT2D eigenvalue weighted by atomic mass is 15.2. The third kappa shape index (κ3) is 4.30. The number of aryl methyl sites for hydroxylation is 1. The Morgan fingerprint density at radius 3 is 3.00 bits per heavy atom.